The highest BCUT2D eigenvalue weighted by molar-refractivity contribution is 7.89. The maximum Gasteiger partial charge on any atom is 0.336 e. The lowest BCUT2D eigenvalue weighted by Crippen LogP contribution is -2.30. The van der Waals surface area contributed by atoms with Crippen molar-refractivity contribution in [3.05, 3.63) is 29.3 Å². The van der Waals surface area contributed by atoms with Crippen molar-refractivity contribution in [2.24, 2.45) is 0 Å². The lowest BCUT2D eigenvalue weighted by molar-refractivity contribution is 0.0695. The number of rotatable bonds is 4. The number of carbonyl (C=O) groups is 1. The highest BCUT2D eigenvalue weighted by Crippen LogP contribution is 2.23. The average molecular weight is 299 g/mol. The smallest absolute Gasteiger partial charge is 0.336 e. The summed E-state index contributed by atoms with van der Waals surface area (Å²) in [6.45, 7) is 2.12. The van der Waals surface area contributed by atoms with Crippen LogP contribution in [0.15, 0.2) is 23.1 Å². The summed E-state index contributed by atoms with van der Waals surface area (Å²) in [5.41, 5.74) is 0.603. The largest absolute Gasteiger partial charge is 0.478 e. The molecule has 1 aliphatic heterocycles. The fourth-order valence-electron chi connectivity index (χ4n) is 2.30. The molecule has 0 saturated carbocycles. The van der Waals surface area contributed by atoms with Gasteiger partial charge in [0.1, 0.15) is 0 Å². The van der Waals surface area contributed by atoms with Crippen molar-refractivity contribution in [1.82, 2.24) is 4.31 Å². The Hall–Kier alpha value is -1.44. The summed E-state index contributed by atoms with van der Waals surface area (Å²) >= 11 is 0. The van der Waals surface area contributed by atoms with Crippen LogP contribution in [-0.4, -0.2) is 48.1 Å². The number of benzene rings is 1. The molecular formula is C13H17NO5S. The molecule has 110 valence electrons. The molecule has 0 radical (unpaired) electrons. The number of nitrogens with zero attached hydrogens (tertiary/aromatic N) is 1. The van der Waals surface area contributed by atoms with Crippen LogP contribution in [0.1, 0.15) is 29.3 Å². The van der Waals surface area contributed by atoms with Gasteiger partial charge in [0.15, 0.2) is 0 Å². The molecule has 2 rings (SSSR count). The van der Waals surface area contributed by atoms with E-state index in [0.29, 0.717) is 18.4 Å². The van der Waals surface area contributed by atoms with Gasteiger partial charge in [0.05, 0.1) is 16.6 Å². The van der Waals surface area contributed by atoms with Gasteiger partial charge < -0.3 is 10.2 Å². The number of carboxylic acid groups (broad SMARTS) is 1. The van der Waals surface area contributed by atoms with Gasteiger partial charge in [0.25, 0.3) is 0 Å². The zero-order valence-electron chi connectivity index (χ0n) is 11.1. The molecule has 6 nitrogen and oxygen atoms in total. The van der Waals surface area contributed by atoms with Crippen molar-refractivity contribution in [2.45, 2.75) is 30.8 Å². The number of carboxylic acids is 1. The minimum absolute atomic E-state index is 0.00770. The van der Waals surface area contributed by atoms with Crippen LogP contribution >= 0.6 is 0 Å². The zero-order valence-corrected chi connectivity index (χ0v) is 11.9. The number of aryl methyl sites for hydroxylation is 1. The lowest BCUT2D eigenvalue weighted by Gasteiger charge is -2.16. The van der Waals surface area contributed by atoms with E-state index in [9.17, 15) is 18.3 Å². The van der Waals surface area contributed by atoms with E-state index in [0.717, 1.165) is 0 Å². The normalized spacial score (nSPS) is 20.2. The molecule has 0 unspecified atom stereocenters. The second-order valence-corrected chi connectivity index (χ2v) is 6.72. The van der Waals surface area contributed by atoms with Crippen LogP contribution in [-0.2, 0) is 16.4 Å². The fraction of sp³-hybridized carbons (Fsp3) is 0.462. The van der Waals surface area contributed by atoms with E-state index in [2.05, 4.69) is 0 Å². The molecule has 0 aromatic heterocycles. The van der Waals surface area contributed by atoms with Gasteiger partial charge in [-0.15, -0.1) is 0 Å². The molecule has 1 aromatic rings. The first kappa shape index (κ1) is 15.0. The molecular weight excluding hydrogens is 282 g/mol. The number of aliphatic hydroxyl groups excluding tert-OH is 1. The molecule has 0 aliphatic carbocycles. The van der Waals surface area contributed by atoms with Crippen molar-refractivity contribution < 1.29 is 23.4 Å². The molecule has 1 aromatic carbocycles. The maximum atomic E-state index is 12.4. The summed E-state index contributed by atoms with van der Waals surface area (Å²) in [5, 5.41) is 18.6. The Bertz CT molecular complexity index is 626. The van der Waals surface area contributed by atoms with Gasteiger partial charge >= 0.3 is 5.97 Å². The SMILES string of the molecule is CCc1ccc(S(=O)(=O)N2CC[C@H](O)C2)cc1C(=O)O. The molecule has 1 atom stereocenters. The summed E-state index contributed by atoms with van der Waals surface area (Å²) in [6, 6.07) is 4.15. The number of aromatic carboxylic acids is 1. The second-order valence-electron chi connectivity index (χ2n) is 4.78. The number of sulfonamides is 1. The van der Waals surface area contributed by atoms with Crippen molar-refractivity contribution >= 4 is 16.0 Å². The van der Waals surface area contributed by atoms with Gasteiger partial charge in [-0.2, -0.15) is 4.31 Å². The van der Waals surface area contributed by atoms with Crippen LogP contribution in [0.5, 0.6) is 0 Å². The molecule has 0 spiro atoms. The van der Waals surface area contributed by atoms with Crippen LogP contribution in [0.3, 0.4) is 0 Å². The predicted octanol–water partition coefficient (Wildman–Crippen LogP) is 0.703. The molecule has 1 heterocycles. The summed E-state index contributed by atoms with van der Waals surface area (Å²) in [4.78, 5) is 11.1. The van der Waals surface area contributed by atoms with E-state index >= 15 is 0 Å². The summed E-state index contributed by atoms with van der Waals surface area (Å²) < 4.78 is 25.9. The maximum absolute atomic E-state index is 12.4. The lowest BCUT2D eigenvalue weighted by atomic mass is 10.1. The van der Waals surface area contributed by atoms with Crippen LogP contribution in [0.2, 0.25) is 0 Å². The summed E-state index contributed by atoms with van der Waals surface area (Å²) in [5.74, 6) is -1.14. The zero-order chi connectivity index (χ0) is 14.9. The molecule has 0 amide bonds. The minimum atomic E-state index is -3.74. The Morgan fingerprint density at radius 1 is 1.45 bits per heavy atom. The van der Waals surface area contributed by atoms with Crippen molar-refractivity contribution in [3.8, 4) is 0 Å². The Morgan fingerprint density at radius 2 is 2.15 bits per heavy atom. The van der Waals surface area contributed by atoms with Crippen molar-refractivity contribution in [1.29, 1.82) is 0 Å². The molecule has 20 heavy (non-hydrogen) atoms. The highest BCUT2D eigenvalue weighted by atomic mass is 32.2. The third-order valence-corrected chi connectivity index (χ3v) is 5.32. The number of β-amino-alcohol motifs (C(OH)–C–C–N with tert-alkyl or cyclic N) is 1. The average Bonchev–Trinajstić information content (AvgIpc) is 2.85. The first-order valence-electron chi connectivity index (χ1n) is 6.40. The molecule has 0 bridgehead atoms. The molecule has 7 heteroatoms. The van der Waals surface area contributed by atoms with Crippen LogP contribution < -0.4 is 0 Å². The Balaban J connectivity index is 2.42. The van der Waals surface area contributed by atoms with Gasteiger partial charge in [-0.05, 0) is 30.5 Å². The molecule has 1 aliphatic rings. The third-order valence-electron chi connectivity index (χ3n) is 3.46. The summed E-state index contributed by atoms with van der Waals surface area (Å²) in [6.07, 6.45) is 0.265. The van der Waals surface area contributed by atoms with E-state index in [1.54, 1.807) is 0 Å². The highest BCUT2D eigenvalue weighted by Gasteiger charge is 2.32. The van der Waals surface area contributed by atoms with Crippen molar-refractivity contribution in [2.75, 3.05) is 13.1 Å². The van der Waals surface area contributed by atoms with Crippen molar-refractivity contribution in [3.63, 3.8) is 0 Å². The Kier molecular flexibility index (Phi) is 4.12. The van der Waals surface area contributed by atoms with E-state index in [1.807, 2.05) is 6.92 Å². The third kappa shape index (κ3) is 2.70. The number of aliphatic hydroxyl groups is 1. The number of hydrogen-bond donors (Lipinski definition) is 2. The monoisotopic (exact) mass is 299 g/mol. The second kappa shape index (κ2) is 5.51. The molecule has 1 saturated heterocycles. The van der Waals surface area contributed by atoms with Gasteiger partial charge in [0, 0.05) is 13.1 Å². The van der Waals surface area contributed by atoms with Gasteiger partial charge in [-0.1, -0.05) is 13.0 Å². The van der Waals surface area contributed by atoms with Gasteiger partial charge in [0.2, 0.25) is 10.0 Å². The topological polar surface area (TPSA) is 94.9 Å². The van der Waals surface area contributed by atoms with E-state index < -0.39 is 22.1 Å². The molecule has 2 N–H and O–H groups in total. The quantitative estimate of drug-likeness (QED) is 0.853. The van der Waals surface area contributed by atoms with E-state index in [-0.39, 0.29) is 23.5 Å². The first-order valence-corrected chi connectivity index (χ1v) is 7.84. The summed E-state index contributed by atoms with van der Waals surface area (Å²) in [7, 11) is -3.74. The molecule has 1 fully saturated rings. The van der Waals surface area contributed by atoms with Crippen LogP contribution in [0.4, 0.5) is 0 Å². The standard InChI is InChI=1S/C13H17NO5S/c1-2-9-3-4-11(7-12(9)13(16)17)20(18,19)14-6-5-10(15)8-14/h3-4,7,10,15H,2,5-6,8H2,1H3,(H,16,17)/t10-/m0/s1. The fourth-order valence-corrected chi connectivity index (χ4v) is 3.82. The first-order chi connectivity index (χ1) is 9.36. The number of hydrogen-bond acceptors (Lipinski definition) is 4. The Morgan fingerprint density at radius 3 is 2.65 bits per heavy atom. The van der Waals surface area contributed by atoms with E-state index in [1.165, 1.54) is 22.5 Å². The van der Waals surface area contributed by atoms with Crippen LogP contribution in [0, 0.1) is 0 Å². The Labute approximate surface area is 117 Å². The minimum Gasteiger partial charge on any atom is -0.478 e. The predicted molar refractivity (Wildman–Crippen MR) is 72.2 cm³/mol. The van der Waals surface area contributed by atoms with E-state index in [4.69, 9.17) is 5.11 Å². The van der Waals surface area contributed by atoms with Crippen LogP contribution in [0.25, 0.3) is 0 Å². The van der Waals surface area contributed by atoms with Gasteiger partial charge in [-0.3, -0.25) is 0 Å². The van der Waals surface area contributed by atoms with Gasteiger partial charge in [-0.25, -0.2) is 13.2 Å².